The lowest BCUT2D eigenvalue weighted by molar-refractivity contribution is 0.0690. The number of aryl methyl sites for hydroxylation is 2. The Morgan fingerprint density at radius 1 is 1.60 bits per heavy atom. The van der Waals surface area contributed by atoms with E-state index in [4.69, 9.17) is 9.52 Å². The molecule has 1 N–H and O–H groups in total. The first-order valence-electron chi connectivity index (χ1n) is 4.28. The Morgan fingerprint density at radius 2 is 2.33 bits per heavy atom. The van der Waals surface area contributed by atoms with Gasteiger partial charge in [-0.1, -0.05) is 0 Å². The molecule has 6 nitrogen and oxygen atoms in total. The van der Waals surface area contributed by atoms with Crippen LogP contribution < -0.4 is 0 Å². The van der Waals surface area contributed by atoms with Gasteiger partial charge in [-0.15, -0.1) is 0 Å². The topological polar surface area (TPSA) is 81.1 Å². The van der Waals surface area contributed by atoms with Gasteiger partial charge in [0, 0.05) is 7.05 Å². The fourth-order valence-electron chi connectivity index (χ4n) is 1.30. The van der Waals surface area contributed by atoms with Gasteiger partial charge in [0.05, 0.1) is 5.69 Å². The standard InChI is InChI=1S/C9H9N3O3/c1-5-3-7(12(2)11-5)8-10-6(4-15-8)9(13)14/h3-4H,1-2H3,(H,13,14). The molecule has 0 spiro atoms. The number of oxazole rings is 1. The van der Waals surface area contributed by atoms with Crippen molar-refractivity contribution in [2.45, 2.75) is 6.92 Å². The molecule has 2 aromatic heterocycles. The number of rotatable bonds is 2. The lowest BCUT2D eigenvalue weighted by Crippen LogP contribution is -1.97. The maximum absolute atomic E-state index is 10.6. The summed E-state index contributed by atoms with van der Waals surface area (Å²) in [7, 11) is 1.74. The summed E-state index contributed by atoms with van der Waals surface area (Å²) in [5, 5.41) is 12.8. The SMILES string of the molecule is Cc1cc(-c2nc(C(=O)O)co2)n(C)n1. The molecule has 2 aromatic rings. The van der Waals surface area contributed by atoms with Gasteiger partial charge >= 0.3 is 5.97 Å². The van der Waals surface area contributed by atoms with Crippen molar-refractivity contribution >= 4 is 5.97 Å². The highest BCUT2D eigenvalue weighted by Gasteiger charge is 2.14. The van der Waals surface area contributed by atoms with Crippen molar-refractivity contribution in [1.29, 1.82) is 0 Å². The molecular formula is C9H9N3O3. The van der Waals surface area contributed by atoms with Crippen LogP contribution in [0.4, 0.5) is 0 Å². The van der Waals surface area contributed by atoms with Crippen molar-refractivity contribution < 1.29 is 14.3 Å². The molecule has 0 saturated carbocycles. The van der Waals surface area contributed by atoms with E-state index in [1.54, 1.807) is 17.8 Å². The summed E-state index contributed by atoms with van der Waals surface area (Å²) in [6.45, 7) is 1.84. The number of carboxylic acid groups (broad SMARTS) is 1. The fraction of sp³-hybridized carbons (Fsp3) is 0.222. The van der Waals surface area contributed by atoms with Crippen LogP contribution in [0.15, 0.2) is 16.7 Å². The summed E-state index contributed by atoms with van der Waals surface area (Å²) < 4.78 is 6.64. The average molecular weight is 207 g/mol. The molecule has 0 aromatic carbocycles. The Kier molecular flexibility index (Phi) is 2.03. The van der Waals surface area contributed by atoms with Gasteiger partial charge in [0.2, 0.25) is 5.89 Å². The van der Waals surface area contributed by atoms with E-state index in [0.29, 0.717) is 5.69 Å². The molecule has 0 saturated heterocycles. The van der Waals surface area contributed by atoms with E-state index < -0.39 is 5.97 Å². The highest BCUT2D eigenvalue weighted by Crippen LogP contribution is 2.18. The van der Waals surface area contributed by atoms with Gasteiger partial charge < -0.3 is 9.52 Å². The normalized spacial score (nSPS) is 10.5. The van der Waals surface area contributed by atoms with Crippen molar-refractivity contribution in [3.8, 4) is 11.6 Å². The minimum absolute atomic E-state index is 0.108. The predicted molar refractivity (Wildman–Crippen MR) is 50.4 cm³/mol. The van der Waals surface area contributed by atoms with E-state index in [2.05, 4.69) is 10.1 Å². The zero-order chi connectivity index (χ0) is 11.0. The monoisotopic (exact) mass is 207 g/mol. The number of hydrogen-bond acceptors (Lipinski definition) is 4. The average Bonchev–Trinajstić information content (AvgIpc) is 2.71. The molecule has 15 heavy (non-hydrogen) atoms. The fourth-order valence-corrected chi connectivity index (χ4v) is 1.30. The van der Waals surface area contributed by atoms with Gasteiger partial charge in [-0.3, -0.25) is 4.68 Å². The molecular weight excluding hydrogens is 198 g/mol. The third kappa shape index (κ3) is 1.61. The van der Waals surface area contributed by atoms with Crippen LogP contribution in [-0.4, -0.2) is 25.8 Å². The van der Waals surface area contributed by atoms with Crippen molar-refractivity contribution in [1.82, 2.24) is 14.8 Å². The Morgan fingerprint density at radius 3 is 2.80 bits per heavy atom. The van der Waals surface area contributed by atoms with E-state index in [0.717, 1.165) is 12.0 Å². The molecule has 0 atom stereocenters. The van der Waals surface area contributed by atoms with Gasteiger partial charge in [-0.2, -0.15) is 5.10 Å². The van der Waals surface area contributed by atoms with E-state index in [1.165, 1.54) is 0 Å². The first kappa shape index (κ1) is 9.45. The number of nitrogens with zero attached hydrogens (tertiary/aromatic N) is 3. The number of hydrogen-bond donors (Lipinski definition) is 1. The minimum Gasteiger partial charge on any atom is -0.476 e. The van der Waals surface area contributed by atoms with Crippen molar-refractivity contribution in [3.63, 3.8) is 0 Å². The van der Waals surface area contributed by atoms with Crippen molar-refractivity contribution in [3.05, 3.63) is 23.7 Å². The van der Waals surface area contributed by atoms with Crippen LogP contribution in [0.5, 0.6) is 0 Å². The molecule has 0 aliphatic heterocycles. The van der Waals surface area contributed by atoms with Gasteiger partial charge in [0.25, 0.3) is 0 Å². The molecule has 0 unspecified atom stereocenters. The molecule has 0 fully saturated rings. The maximum atomic E-state index is 10.6. The van der Waals surface area contributed by atoms with Crippen LogP contribution in [-0.2, 0) is 7.05 Å². The zero-order valence-corrected chi connectivity index (χ0v) is 8.26. The van der Waals surface area contributed by atoms with Crippen LogP contribution in [0.2, 0.25) is 0 Å². The first-order chi connectivity index (χ1) is 7.08. The first-order valence-corrected chi connectivity index (χ1v) is 4.28. The van der Waals surface area contributed by atoms with E-state index in [1.807, 2.05) is 6.92 Å². The van der Waals surface area contributed by atoms with Crippen LogP contribution in [0.25, 0.3) is 11.6 Å². The predicted octanol–water partition coefficient (Wildman–Crippen LogP) is 1.08. The number of carboxylic acids is 1. The van der Waals surface area contributed by atoms with Crippen LogP contribution in [0.1, 0.15) is 16.2 Å². The molecule has 0 radical (unpaired) electrons. The summed E-state index contributed by atoms with van der Waals surface area (Å²) in [5.41, 5.74) is 1.37. The summed E-state index contributed by atoms with van der Waals surface area (Å²) in [6, 6.07) is 1.78. The van der Waals surface area contributed by atoms with Gasteiger partial charge in [0.1, 0.15) is 12.0 Å². The molecule has 0 aliphatic carbocycles. The number of carbonyl (C=O) groups is 1. The van der Waals surface area contributed by atoms with Crippen LogP contribution in [0, 0.1) is 6.92 Å². The lowest BCUT2D eigenvalue weighted by atomic mass is 10.4. The van der Waals surface area contributed by atoms with Crippen LogP contribution >= 0.6 is 0 Å². The molecule has 2 rings (SSSR count). The molecule has 6 heteroatoms. The smallest absolute Gasteiger partial charge is 0.357 e. The van der Waals surface area contributed by atoms with E-state index in [9.17, 15) is 4.79 Å². The highest BCUT2D eigenvalue weighted by molar-refractivity contribution is 5.85. The second kappa shape index (κ2) is 3.23. The second-order valence-electron chi connectivity index (χ2n) is 3.14. The maximum Gasteiger partial charge on any atom is 0.357 e. The van der Waals surface area contributed by atoms with E-state index in [-0.39, 0.29) is 11.6 Å². The van der Waals surface area contributed by atoms with Gasteiger partial charge in [-0.25, -0.2) is 9.78 Å². The minimum atomic E-state index is -1.11. The Hall–Kier alpha value is -2.11. The highest BCUT2D eigenvalue weighted by atomic mass is 16.4. The zero-order valence-electron chi connectivity index (χ0n) is 8.26. The molecule has 0 bridgehead atoms. The largest absolute Gasteiger partial charge is 0.476 e. The molecule has 0 amide bonds. The Labute approximate surface area is 85.2 Å². The van der Waals surface area contributed by atoms with Gasteiger partial charge in [-0.05, 0) is 13.0 Å². The summed E-state index contributed by atoms with van der Waals surface area (Å²) in [5.74, 6) is -0.848. The second-order valence-corrected chi connectivity index (χ2v) is 3.14. The van der Waals surface area contributed by atoms with Crippen molar-refractivity contribution in [2.24, 2.45) is 7.05 Å². The summed E-state index contributed by atoms with van der Waals surface area (Å²) in [4.78, 5) is 14.4. The number of aromatic nitrogens is 3. The Bertz CT molecular complexity index is 512. The summed E-state index contributed by atoms with van der Waals surface area (Å²) in [6.07, 6.45) is 1.11. The third-order valence-electron chi connectivity index (χ3n) is 1.94. The molecule has 0 aliphatic rings. The molecule has 2 heterocycles. The van der Waals surface area contributed by atoms with E-state index >= 15 is 0 Å². The van der Waals surface area contributed by atoms with Crippen molar-refractivity contribution in [2.75, 3.05) is 0 Å². The third-order valence-corrected chi connectivity index (χ3v) is 1.94. The lowest BCUT2D eigenvalue weighted by Gasteiger charge is -1.93. The Balaban J connectivity index is 2.45. The van der Waals surface area contributed by atoms with Gasteiger partial charge in [0.15, 0.2) is 5.69 Å². The quantitative estimate of drug-likeness (QED) is 0.796. The molecule has 78 valence electrons. The number of aromatic carboxylic acids is 1. The summed E-state index contributed by atoms with van der Waals surface area (Å²) >= 11 is 0. The van der Waals surface area contributed by atoms with Crippen LogP contribution in [0.3, 0.4) is 0 Å².